The molecule has 8 heteroatoms. The minimum Gasteiger partial charge on any atom is -0.452 e. The van der Waals surface area contributed by atoms with E-state index in [0.717, 1.165) is 29.2 Å². The minimum absolute atomic E-state index is 0.103. The molecule has 0 heterocycles. The van der Waals surface area contributed by atoms with E-state index in [1.807, 2.05) is 6.07 Å². The van der Waals surface area contributed by atoms with Crippen LogP contribution >= 0.6 is 0 Å². The van der Waals surface area contributed by atoms with Gasteiger partial charge in [-0.2, -0.15) is 5.26 Å². The number of rotatable bonds is 5. The van der Waals surface area contributed by atoms with Crippen molar-refractivity contribution in [1.29, 1.82) is 5.26 Å². The van der Waals surface area contributed by atoms with E-state index >= 15 is 0 Å². The largest absolute Gasteiger partial charge is 0.452 e. The highest BCUT2D eigenvalue weighted by Crippen LogP contribution is 2.14. The molecule has 0 saturated carbocycles. The normalized spacial score (nSPS) is 10.1. The van der Waals surface area contributed by atoms with Gasteiger partial charge in [-0.1, -0.05) is 6.07 Å². The SMILES string of the molecule is CN(Cc1cc(C#N)ccc1F)C(=O)COC(=O)c1c(F)cccc1F. The molecule has 0 saturated heterocycles. The van der Waals surface area contributed by atoms with Crippen molar-refractivity contribution in [2.24, 2.45) is 0 Å². The predicted octanol–water partition coefficient (Wildman–Crippen LogP) is 2.79. The summed E-state index contributed by atoms with van der Waals surface area (Å²) in [6, 6.07) is 8.41. The van der Waals surface area contributed by atoms with E-state index in [2.05, 4.69) is 4.74 Å². The van der Waals surface area contributed by atoms with Crippen molar-refractivity contribution in [2.45, 2.75) is 6.54 Å². The molecule has 1 amide bonds. The van der Waals surface area contributed by atoms with E-state index in [9.17, 15) is 22.8 Å². The molecule has 0 atom stereocenters. The topological polar surface area (TPSA) is 70.4 Å². The Bertz CT molecular complexity index is 873. The lowest BCUT2D eigenvalue weighted by molar-refractivity contribution is -0.133. The van der Waals surface area contributed by atoms with Crippen LogP contribution < -0.4 is 0 Å². The van der Waals surface area contributed by atoms with Crippen molar-refractivity contribution in [3.05, 3.63) is 70.5 Å². The third kappa shape index (κ3) is 4.39. The van der Waals surface area contributed by atoms with Gasteiger partial charge in [0.05, 0.1) is 11.6 Å². The van der Waals surface area contributed by atoms with Crippen LogP contribution in [0.1, 0.15) is 21.5 Å². The number of carbonyl (C=O) groups is 2. The van der Waals surface area contributed by atoms with Crippen molar-refractivity contribution in [3.63, 3.8) is 0 Å². The van der Waals surface area contributed by atoms with Gasteiger partial charge in [0.25, 0.3) is 5.91 Å². The number of esters is 1. The number of carbonyl (C=O) groups excluding carboxylic acids is 2. The zero-order chi connectivity index (χ0) is 19.3. The highest BCUT2D eigenvalue weighted by atomic mass is 19.1. The third-order valence-electron chi connectivity index (χ3n) is 3.50. The first-order valence-electron chi connectivity index (χ1n) is 7.37. The second kappa shape index (κ2) is 8.16. The molecule has 26 heavy (non-hydrogen) atoms. The number of ether oxygens (including phenoxy) is 1. The quantitative estimate of drug-likeness (QED) is 0.767. The molecule has 2 rings (SSSR count). The first-order valence-corrected chi connectivity index (χ1v) is 7.37. The molecule has 0 aliphatic carbocycles. The number of nitrogens with zero attached hydrogens (tertiary/aromatic N) is 2. The molecule has 0 unspecified atom stereocenters. The fraction of sp³-hybridized carbons (Fsp3) is 0.167. The maximum Gasteiger partial charge on any atom is 0.344 e. The molecule has 0 aliphatic rings. The number of hydrogen-bond donors (Lipinski definition) is 0. The highest BCUT2D eigenvalue weighted by molar-refractivity contribution is 5.91. The summed E-state index contributed by atoms with van der Waals surface area (Å²) in [5.74, 6) is -4.84. The summed E-state index contributed by atoms with van der Waals surface area (Å²) in [5, 5.41) is 8.82. The number of nitriles is 1. The summed E-state index contributed by atoms with van der Waals surface area (Å²) >= 11 is 0. The lowest BCUT2D eigenvalue weighted by Gasteiger charge is -2.18. The summed E-state index contributed by atoms with van der Waals surface area (Å²) in [7, 11) is 1.33. The van der Waals surface area contributed by atoms with Gasteiger partial charge in [-0.3, -0.25) is 4.79 Å². The van der Waals surface area contributed by atoms with Gasteiger partial charge in [0.2, 0.25) is 0 Å². The molecule has 0 aromatic heterocycles. The van der Waals surface area contributed by atoms with E-state index in [4.69, 9.17) is 5.26 Å². The van der Waals surface area contributed by atoms with E-state index in [1.165, 1.54) is 19.2 Å². The van der Waals surface area contributed by atoms with Gasteiger partial charge in [0.15, 0.2) is 6.61 Å². The summed E-state index contributed by atoms with van der Waals surface area (Å²) in [5.41, 5.74) is -0.564. The van der Waals surface area contributed by atoms with Gasteiger partial charge in [-0.15, -0.1) is 0 Å². The fourth-order valence-corrected chi connectivity index (χ4v) is 2.11. The highest BCUT2D eigenvalue weighted by Gasteiger charge is 2.21. The first kappa shape index (κ1) is 19.0. The Morgan fingerprint density at radius 2 is 1.77 bits per heavy atom. The molecule has 2 aromatic carbocycles. The van der Waals surface area contributed by atoms with Crippen LogP contribution in [-0.2, 0) is 16.1 Å². The molecule has 0 radical (unpaired) electrons. The zero-order valence-electron chi connectivity index (χ0n) is 13.6. The maximum absolute atomic E-state index is 13.7. The number of likely N-dealkylation sites (N-methyl/N-ethyl adjacent to an activating group) is 1. The summed E-state index contributed by atoms with van der Waals surface area (Å²) in [4.78, 5) is 24.8. The number of amides is 1. The van der Waals surface area contributed by atoms with Crippen LogP contribution in [0.25, 0.3) is 0 Å². The van der Waals surface area contributed by atoms with Crippen molar-refractivity contribution in [2.75, 3.05) is 13.7 Å². The van der Waals surface area contributed by atoms with Gasteiger partial charge in [0.1, 0.15) is 23.0 Å². The second-order valence-corrected chi connectivity index (χ2v) is 5.34. The number of benzene rings is 2. The van der Waals surface area contributed by atoms with Crippen LogP contribution in [0.2, 0.25) is 0 Å². The van der Waals surface area contributed by atoms with Crippen LogP contribution in [0, 0.1) is 28.8 Å². The van der Waals surface area contributed by atoms with Crippen LogP contribution in [0.5, 0.6) is 0 Å². The van der Waals surface area contributed by atoms with Gasteiger partial charge < -0.3 is 9.64 Å². The minimum atomic E-state index is -1.32. The van der Waals surface area contributed by atoms with Crippen molar-refractivity contribution >= 4 is 11.9 Å². The zero-order valence-corrected chi connectivity index (χ0v) is 13.6. The van der Waals surface area contributed by atoms with Crippen molar-refractivity contribution < 1.29 is 27.5 Å². The Labute approximate surface area is 147 Å². The number of hydrogen-bond acceptors (Lipinski definition) is 4. The van der Waals surface area contributed by atoms with Gasteiger partial charge >= 0.3 is 5.97 Å². The van der Waals surface area contributed by atoms with Gasteiger partial charge in [-0.05, 0) is 30.3 Å². The molecule has 5 nitrogen and oxygen atoms in total. The van der Waals surface area contributed by atoms with Crippen LogP contribution in [0.3, 0.4) is 0 Å². The van der Waals surface area contributed by atoms with Gasteiger partial charge in [-0.25, -0.2) is 18.0 Å². The predicted molar refractivity (Wildman–Crippen MR) is 84.2 cm³/mol. The maximum atomic E-state index is 13.7. The molecular weight excluding hydrogens is 349 g/mol. The standard InChI is InChI=1S/C18H13F3N2O3/c1-23(9-12-7-11(8-22)5-6-13(12)19)16(24)10-26-18(25)17-14(20)3-2-4-15(17)21/h2-7H,9-10H2,1H3. The molecule has 0 fully saturated rings. The van der Waals surface area contributed by atoms with E-state index in [0.29, 0.717) is 0 Å². The van der Waals surface area contributed by atoms with Gasteiger partial charge in [0, 0.05) is 19.2 Å². The van der Waals surface area contributed by atoms with Crippen LogP contribution in [0.15, 0.2) is 36.4 Å². The molecular formula is C18H13F3N2O3. The lowest BCUT2D eigenvalue weighted by Crippen LogP contribution is -2.31. The summed E-state index contributed by atoms with van der Waals surface area (Å²) < 4.78 is 45.3. The van der Waals surface area contributed by atoms with E-state index < -0.39 is 41.5 Å². The van der Waals surface area contributed by atoms with E-state index in [1.54, 1.807) is 0 Å². The van der Waals surface area contributed by atoms with Crippen LogP contribution in [-0.4, -0.2) is 30.4 Å². The Balaban J connectivity index is 2.00. The second-order valence-electron chi connectivity index (χ2n) is 5.34. The first-order chi connectivity index (χ1) is 12.3. The average Bonchev–Trinajstić information content (AvgIpc) is 2.61. The summed E-state index contributed by atoms with van der Waals surface area (Å²) in [6.07, 6.45) is 0. The molecule has 0 bridgehead atoms. The van der Waals surface area contributed by atoms with E-state index in [-0.39, 0.29) is 17.7 Å². The molecule has 134 valence electrons. The monoisotopic (exact) mass is 362 g/mol. The molecule has 2 aromatic rings. The Morgan fingerprint density at radius 3 is 2.38 bits per heavy atom. The Morgan fingerprint density at radius 1 is 1.12 bits per heavy atom. The Kier molecular flexibility index (Phi) is 5.96. The van der Waals surface area contributed by atoms with Crippen molar-refractivity contribution in [3.8, 4) is 6.07 Å². The number of halogens is 3. The molecule has 0 spiro atoms. The smallest absolute Gasteiger partial charge is 0.344 e. The average molecular weight is 362 g/mol. The summed E-state index contributed by atoms with van der Waals surface area (Å²) in [6.45, 7) is -0.950. The Hall–Kier alpha value is -3.34. The molecule has 0 N–H and O–H groups in total. The fourth-order valence-electron chi connectivity index (χ4n) is 2.11. The molecule has 0 aliphatic heterocycles. The lowest BCUT2D eigenvalue weighted by atomic mass is 10.1. The third-order valence-corrected chi connectivity index (χ3v) is 3.50. The van der Waals surface area contributed by atoms with Crippen molar-refractivity contribution in [1.82, 2.24) is 4.90 Å². The van der Waals surface area contributed by atoms with Crippen LogP contribution in [0.4, 0.5) is 13.2 Å².